The van der Waals surface area contributed by atoms with Crippen LogP contribution >= 0.6 is 0 Å². The smallest absolute Gasteiger partial charge is 0.369 e. The molecule has 4 rings (SSSR count). The predicted octanol–water partition coefficient (Wildman–Crippen LogP) is 4.59. The molecule has 0 saturated heterocycles. The molecule has 2 amide bonds. The summed E-state index contributed by atoms with van der Waals surface area (Å²) in [5, 5.41) is 23.3. The van der Waals surface area contributed by atoms with Crippen LogP contribution in [0.1, 0.15) is 97.9 Å². The van der Waals surface area contributed by atoms with Crippen molar-refractivity contribution in [3.8, 4) is 0 Å². The highest BCUT2D eigenvalue weighted by atomic mass is 19.4. The zero-order chi connectivity index (χ0) is 29.2. The maximum atomic E-state index is 13.9. The average Bonchev–Trinajstić information content (AvgIpc) is 3.53. The van der Waals surface area contributed by atoms with Crippen molar-refractivity contribution in [3.05, 3.63) is 47.2 Å². The SMILES string of the molecule is CC(C)c1nocc1C(=O)N[C@H](c1cn2ncc([C@@H](O)NC(=O)CCC(F)(F)F)cc2n1)C1CCC(F)(F)CC1. The van der Waals surface area contributed by atoms with E-state index in [4.69, 9.17) is 4.52 Å². The Hall–Kier alpha value is -3.62. The second-order valence-corrected chi connectivity index (χ2v) is 10.3. The number of carbonyl (C=O) groups is 2. The lowest BCUT2D eigenvalue weighted by Crippen LogP contribution is -2.37. The van der Waals surface area contributed by atoms with Gasteiger partial charge in [-0.25, -0.2) is 18.3 Å². The fourth-order valence-electron chi connectivity index (χ4n) is 4.65. The summed E-state index contributed by atoms with van der Waals surface area (Å²) in [5.41, 5.74) is 1.26. The van der Waals surface area contributed by atoms with E-state index in [1.54, 1.807) is 0 Å². The number of carbonyl (C=O) groups excluding carboxylic acids is 2. The summed E-state index contributed by atoms with van der Waals surface area (Å²) >= 11 is 0. The van der Waals surface area contributed by atoms with E-state index in [0.29, 0.717) is 11.4 Å². The van der Waals surface area contributed by atoms with Gasteiger partial charge in [-0.3, -0.25) is 9.59 Å². The van der Waals surface area contributed by atoms with Gasteiger partial charge in [-0.2, -0.15) is 18.3 Å². The Bertz CT molecular complexity index is 1340. The van der Waals surface area contributed by atoms with E-state index in [2.05, 4.69) is 25.9 Å². The van der Waals surface area contributed by atoms with Crippen LogP contribution in [0.3, 0.4) is 0 Å². The lowest BCUT2D eigenvalue weighted by Gasteiger charge is -2.33. The third-order valence-electron chi connectivity index (χ3n) is 6.84. The minimum absolute atomic E-state index is 0.0638. The van der Waals surface area contributed by atoms with Crippen molar-refractivity contribution >= 4 is 17.5 Å². The predicted molar refractivity (Wildman–Crippen MR) is 129 cm³/mol. The van der Waals surface area contributed by atoms with E-state index in [1.807, 2.05) is 13.8 Å². The molecule has 1 aliphatic rings. The molecule has 3 aromatic heterocycles. The van der Waals surface area contributed by atoms with Crippen LogP contribution in [0.15, 0.2) is 29.2 Å². The van der Waals surface area contributed by atoms with Crippen LogP contribution in [0.2, 0.25) is 0 Å². The molecule has 0 radical (unpaired) electrons. The van der Waals surface area contributed by atoms with Crippen molar-refractivity contribution in [2.75, 3.05) is 0 Å². The Morgan fingerprint density at radius 3 is 2.58 bits per heavy atom. The molecular formula is C25H29F5N6O4. The van der Waals surface area contributed by atoms with Gasteiger partial charge in [0.25, 0.3) is 5.91 Å². The number of imidazole rings is 1. The van der Waals surface area contributed by atoms with Crippen molar-refractivity contribution in [3.63, 3.8) is 0 Å². The van der Waals surface area contributed by atoms with Crippen molar-refractivity contribution in [1.29, 1.82) is 0 Å². The number of nitrogens with zero attached hydrogens (tertiary/aromatic N) is 4. The van der Waals surface area contributed by atoms with Crippen molar-refractivity contribution in [1.82, 2.24) is 30.4 Å². The Morgan fingerprint density at radius 2 is 1.93 bits per heavy atom. The number of fused-ring (bicyclic) bond motifs is 1. The molecule has 2 atom stereocenters. The van der Waals surface area contributed by atoms with Crippen molar-refractivity contribution in [2.45, 2.75) is 82.7 Å². The zero-order valence-electron chi connectivity index (χ0n) is 21.7. The summed E-state index contributed by atoms with van der Waals surface area (Å²) in [6.45, 7) is 3.68. The molecule has 1 fully saturated rings. The molecule has 0 aromatic carbocycles. The van der Waals surface area contributed by atoms with E-state index in [9.17, 15) is 36.6 Å². The summed E-state index contributed by atoms with van der Waals surface area (Å²) < 4.78 is 71.2. The summed E-state index contributed by atoms with van der Waals surface area (Å²) in [7, 11) is 0. The average molecular weight is 573 g/mol. The molecule has 40 heavy (non-hydrogen) atoms. The van der Waals surface area contributed by atoms with Gasteiger partial charge in [0.2, 0.25) is 11.8 Å². The molecule has 3 aromatic rings. The van der Waals surface area contributed by atoms with Crippen LogP contribution in [-0.2, 0) is 4.79 Å². The molecule has 3 heterocycles. The summed E-state index contributed by atoms with van der Waals surface area (Å²) in [6, 6.07) is 0.603. The number of nitrogens with one attached hydrogen (secondary N) is 2. The van der Waals surface area contributed by atoms with Crippen LogP contribution < -0.4 is 10.6 Å². The van der Waals surface area contributed by atoms with Crippen LogP contribution in [0.4, 0.5) is 22.0 Å². The molecule has 15 heteroatoms. The highest BCUT2D eigenvalue weighted by Gasteiger charge is 2.39. The zero-order valence-corrected chi connectivity index (χ0v) is 21.7. The van der Waals surface area contributed by atoms with Gasteiger partial charge in [0.15, 0.2) is 11.9 Å². The number of aromatic nitrogens is 4. The molecule has 0 aliphatic heterocycles. The van der Waals surface area contributed by atoms with Gasteiger partial charge < -0.3 is 20.3 Å². The van der Waals surface area contributed by atoms with E-state index >= 15 is 0 Å². The standard InChI is InChI=1S/C25H29F5N6O4/c1-13(2)20-16(12-40-35-20)23(39)34-21(14-3-6-24(26,27)7-4-14)17-11-36-18(32-17)9-15(10-31-36)22(38)33-19(37)5-8-25(28,29)30/h9-14,21-22,38H,3-8H2,1-2H3,(H,33,37)(H,34,39)/t21-,22+/m0/s1. The maximum absolute atomic E-state index is 13.9. The van der Waals surface area contributed by atoms with Gasteiger partial charge in [-0.1, -0.05) is 19.0 Å². The Labute approximate surface area is 225 Å². The fraction of sp³-hybridized carbons (Fsp3) is 0.560. The first-order valence-electron chi connectivity index (χ1n) is 12.7. The van der Waals surface area contributed by atoms with Gasteiger partial charge in [0, 0.05) is 24.8 Å². The third kappa shape index (κ3) is 7.11. The van der Waals surface area contributed by atoms with E-state index in [1.165, 1.54) is 29.2 Å². The first kappa shape index (κ1) is 29.4. The van der Waals surface area contributed by atoms with Gasteiger partial charge in [-0.15, -0.1) is 0 Å². The molecule has 3 N–H and O–H groups in total. The van der Waals surface area contributed by atoms with Crippen LogP contribution in [-0.4, -0.2) is 48.8 Å². The number of rotatable bonds is 9. The molecular weight excluding hydrogens is 543 g/mol. The summed E-state index contributed by atoms with van der Waals surface area (Å²) in [6.07, 6.45) is -4.82. The van der Waals surface area contributed by atoms with Gasteiger partial charge in [0.05, 0.1) is 36.2 Å². The topological polar surface area (TPSA) is 135 Å². The lowest BCUT2D eigenvalue weighted by atomic mass is 9.81. The lowest BCUT2D eigenvalue weighted by molar-refractivity contribution is -0.145. The first-order valence-corrected chi connectivity index (χ1v) is 12.7. The Kier molecular flexibility index (Phi) is 8.42. The van der Waals surface area contributed by atoms with Crippen LogP contribution in [0.25, 0.3) is 5.65 Å². The van der Waals surface area contributed by atoms with Gasteiger partial charge in [0.1, 0.15) is 11.8 Å². The van der Waals surface area contributed by atoms with E-state index < -0.39 is 49.0 Å². The molecule has 0 spiro atoms. The third-order valence-corrected chi connectivity index (χ3v) is 6.84. The summed E-state index contributed by atoms with van der Waals surface area (Å²) in [4.78, 5) is 29.5. The molecule has 1 saturated carbocycles. The highest BCUT2D eigenvalue weighted by molar-refractivity contribution is 5.95. The second kappa shape index (κ2) is 11.5. The van der Waals surface area contributed by atoms with E-state index in [0.717, 1.165) is 0 Å². The normalized spacial score (nSPS) is 17.6. The Morgan fingerprint density at radius 1 is 1.23 bits per heavy atom. The number of hydrogen-bond donors (Lipinski definition) is 3. The number of aliphatic hydroxyl groups is 1. The first-order chi connectivity index (χ1) is 18.7. The molecule has 0 unspecified atom stereocenters. The fourth-order valence-corrected chi connectivity index (χ4v) is 4.65. The maximum Gasteiger partial charge on any atom is 0.389 e. The van der Waals surface area contributed by atoms with Crippen LogP contribution in [0, 0.1) is 5.92 Å². The number of halogens is 5. The molecule has 218 valence electrons. The Balaban J connectivity index is 1.57. The number of alkyl halides is 5. The second-order valence-electron chi connectivity index (χ2n) is 10.3. The monoisotopic (exact) mass is 572 g/mol. The quantitative estimate of drug-likeness (QED) is 0.252. The number of aliphatic hydroxyl groups excluding tert-OH is 1. The largest absolute Gasteiger partial charge is 0.389 e. The number of hydrogen-bond acceptors (Lipinski definition) is 7. The molecule has 1 aliphatic carbocycles. The van der Waals surface area contributed by atoms with E-state index in [-0.39, 0.29) is 54.3 Å². The molecule has 10 nitrogen and oxygen atoms in total. The summed E-state index contributed by atoms with van der Waals surface area (Å²) in [5.74, 6) is -4.77. The van der Waals surface area contributed by atoms with Crippen molar-refractivity contribution in [2.24, 2.45) is 5.92 Å². The van der Waals surface area contributed by atoms with Gasteiger partial charge >= 0.3 is 6.18 Å². The number of amides is 2. The van der Waals surface area contributed by atoms with Crippen molar-refractivity contribution < 1.29 is 41.2 Å². The minimum Gasteiger partial charge on any atom is -0.369 e. The van der Waals surface area contributed by atoms with Crippen LogP contribution in [0.5, 0.6) is 0 Å². The minimum atomic E-state index is -4.51. The molecule has 0 bridgehead atoms. The highest BCUT2D eigenvalue weighted by Crippen LogP contribution is 2.41. The van der Waals surface area contributed by atoms with Gasteiger partial charge in [-0.05, 0) is 30.7 Å².